The molecule has 3 aromatic heterocycles. The summed E-state index contributed by atoms with van der Waals surface area (Å²) >= 11 is 3.73. The van der Waals surface area contributed by atoms with Crippen molar-refractivity contribution in [3.05, 3.63) is 70.0 Å². The Bertz CT molecular complexity index is 1450. The minimum atomic E-state index is -0.570. The number of aromatic nitrogens is 6. The number of ether oxygens (including phenoxy) is 1. The number of rotatable bonds is 5. The smallest absolute Gasteiger partial charge is 0.238 e. The highest BCUT2D eigenvalue weighted by Crippen LogP contribution is 2.39. The van der Waals surface area contributed by atoms with Crippen LogP contribution in [0.4, 0.5) is 0 Å². The lowest BCUT2D eigenvalue weighted by Gasteiger charge is -2.25. The van der Waals surface area contributed by atoms with Crippen LogP contribution in [-0.4, -0.2) is 36.4 Å². The molecular formula is C26H26BrN7O. The molecule has 0 aliphatic carbocycles. The highest BCUT2D eigenvalue weighted by atomic mass is 79.9. The number of halogens is 1. The molecule has 0 saturated carbocycles. The van der Waals surface area contributed by atoms with Gasteiger partial charge in [-0.05, 0) is 62.9 Å². The Morgan fingerprint density at radius 2 is 2.03 bits per heavy atom. The summed E-state index contributed by atoms with van der Waals surface area (Å²) in [5, 5.41) is 14.4. The van der Waals surface area contributed by atoms with Crippen LogP contribution in [0.3, 0.4) is 0 Å². The average Bonchev–Trinajstić information content (AvgIpc) is 3.50. The van der Waals surface area contributed by atoms with Crippen LogP contribution in [0, 0.1) is 18.3 Å². The first-order valence-electron chi connectivity index (χ1n) is 11.5. The second-order valence-corrected chi connectivity index (χ2v) is 10.2. The maximum atomic E-state index is 9.63. The Kier molecular flexibility index (Phi) is 5.93. The third-order valence-corrected chi connectivity index (χ3v) is 7.22. The van der Waals surface area contributed by atoms with Gasteiger partial charge in [0, 0.05) is 23.1 Å². The van der Waals surface area contributed by atoms with E-state index in [9.17, 15) is 5.26 Å². The average molecular weight is 532 g/mol. The first-order valence-corrected chi connectivity index (χ1v) is 12.3. The number of aryl methyl sites for hydroxylation is 2. The van der Waals surface area contributed by atoms with E-state index in [1.54, 1.807) is 13.4 Å². The van der Waals surface area contributed by atoms with Crippen molar-refractivity contribution in [1.29, 1.82) is 5.26 Å². The molecule has 5 rings (SSSR count). The second-order valence-electron chi connectivity index (χ2n) is 9.33. The fraction of sp³-hybridized carbons (Fsp3) is 0.346. The SMILES string of the molecule is COc1nc(-c2nc3n(n2)CCC[C@@H]3c2cc(C(C)(C)C#N)ccc2Br)ccc1-n1cnc(C)c1. The van der Waals surface area contributed by atoms with Crippen LogP contribution in [-0.2, 0) is 12.0 Å². The normalized spacial score (nSPS) is 15.5. The van der Waals surface area contributed by atoms with Gasteiger partial charge in [-0.15, -0.1) is 5.10 Å². The summed E-state index contributed by atoms with van der Waals surface area (Å²) in [6.45, 7) is 6.63. The molecule has 9 heteroatoms. The first kappa shape index (κ1) is 23.2. The number of fused-ring (bicyclic) bond motifs is 1. The van der Waals surface area contributed by atoms with E-state index in [2.05, 4.69) is 33.0 Å². The number of hydrogen-bond donors (Lipinski definition) is 0. The lowest BCUT2D eigenvalue weighted by molar-refractivity contribution is 0.396. The molecule has 0 fully saturated rings. The molecule has 0 radical (unpaired) electrons. The monoisotopic (exact) mass is 531 g/mol. The van der Waals surface area contributed by atoms with E-state index in [1.807, 2.05) is 60.5 Å². The number of hydrogen-bond acceptors (Lipinski definition) is 6. The van der Waals surface area contributed by atoms with Crippen LogP contribution in [0.25, 0.3) is 17.2 Å². The van der Waals surface area contributed by atoms with Gasteiger partial charge >= 0.3 is 0 Å². The molecule has 8 nitrogen and oxygen atoms in total. The lowest BCUT2D eigenvalue weighted by atomic mass is 9.82. The van der Waals surface area contributed by atoms with Crippen molar-refractivity contribution in [2.75, 3.05) is 7.11 Å². The number of methoxy groups -OCH3 is 1. The quantitative estimate of drug-likeness (QED) is 0.345. The number of nitrogens with zero attached hydrogens (tertiary/aromatic N) is 7. The third kappa shape index (κ3) is 4.23. The molecular weight excluding hydrogens is 506 g/mol. The molecule has 1 aliphatic heterocycles. The molecule has 178 valence electrons. The van der Waals surface area contributed by atoms with Crippen LogP contribution in [0.2, 0.25) is 0 Å². The number of imidazole rings is 1. The van der Waals surface area contributed by atoms with E-state index >= 15 is 0 Å². The molecule has 0 unspecified atom stereocenters. The lowest BCUT2D eigenvalue weighted by Crippen LogP contribution is -2.20. The fourth-order valence-corrected chi connectivity index (χ4v) is 5.00. The Balaban J connectivity index is 1.54. The van der Waals surface area contributed by atoms with Crippen LogP contribution >= 0.6 is 15.9 Å². The summed E-state index contributed by atoms with van der Waals surface area (Å²) in [4.78, 5) is 13.9. The Hall–Kier alpha value is -3.51. The maximum absolute atomic E-state index is 9.63. The minimum Gasteiger partial charge on any atom is -0.479 e. The molecule has 0 spiro atoms. The van der Waals surface area contributed by atoms with Gasteiger partial charge in [-0.1, -0.05) is 28.1 Å². The van der Waals surface area contributed by atoms with Crippen LogP contribution in [0.5, 0.6) is 5.88 Å². The van der Waals surface area contributed by atoms with Gasteiger partial charge in [0.1, 0.15) is 17.2 Å². The molecule has 0 saturated heterocycles. The molecule has 1 aromatic carbocycles. The summed E-state index contributed by atoms with van der Waals surface area (Å²) in [6, 6.07) is 12.4. The molecule has 4 heterocycles. The van der Waals surface area contributed by atoms with Gasteiger partial charge in [0.05, 0.1) is 30.6 Å². The highest BCUT2D eigenvalue weighted by Gasteiger charge is 2.30. The van der Waals surface area contributed by atoms with Crippen molar-refractivity contribution in [3.8, 4) is 29.2 Å². The van der Waals surface area contributed by atoms with Crippen LogP contribution < -0.4 is 4.74 Å². The molecule has 1 atom stereocenters. The van der Waals surface area contributed by atoms with E-state index in [4.69, 9.17) is 19.8 Å². The summed E-state index contributed by atoms with van der Waals surface area (Å²) < 4.78 is 10.5. The third-order valence-electron chi connectivity index (χ3n) is 6.50. The minimum absolute atomic E-state index is 0.0731. The van der Waals surface area contributed by atoms with E-state index in [-0.39, 0.29) is 5.92 Å². The summed E-state index contributed by atoms with van der Waals surface area (Å²) in [5.74, 6) is 2.04. The maximum Gasteiger partial charge on any atom is 0.238 e. The zero-order chi connectivity index (χ0) is 24.7. The number of pyridine rings is 1. The molecule has 4 aromatic rings. The van der Waals surface area contributed by atoms with E-state index in [0.29, 0.717) is 17.4 Å². The van der Waals surface area contributed by atoms with Gasteiger partial charge < -0.3 is 9.30 Å². The Morgan fingerprint density at radius 1 is 1.20 bits per heavy atom. The van der Waals surface area contributed by atoms with Gasteiger partial charge in [-0.25, -0.2) is 19.6 Å². The van der Waals surface area contributed by atoms with Crippen molar-refractivity contribution in [3.63, 3.8) is 0 Å². The zero-order valence-corrected chi connectivity index (χ0v) is 21.7. The van der Waals surface area contributed by atoms with E-state index in [1.165, 1.54) is 0 Å². The van der Waals surface area contributed by atoms with Crippen LogP contribution in [0.15, 0.2) is 47.3 Å². The molecule has 1 aliphatic rings. The first-order chi connectivity index (χ1) is 16.8. The molecule has 0 amide bonds. The summed E-state index contributed by atoms with van der Waals surface area (Å²) in [5.41, 5.74) is 3.92. The summed E-state index contributed by atoms with van der Waals surface area (Å²) in [7, 11) is 1.61. The van der Waals surface area contributed by atoms with Crippen molar-refractivity contribution in [1.82, 2.24) is 29.3 Å². The predicted octanol–water partition coefficient (Wildman–Crippen LogP) is 5.33. The standard InChI is InChI=1S/C26H26BrN7O/c1-16-13-33(15-29-16)22-10-9-21(30-25(22)35-4)23-31-24-18(6-5-11-34(24)32-23)19-12-17(7-8-20(19)27)26(2,3)14-28/h7-10,12-13,15,18H,5-6,11H2,1-4H3/t18-/m1/s1. The molecule has 0 bridgehead atoms. The van der Waals surface area contributed by atoms with Gasteiger partial charge in [0.15, 0.2) is 5.82 Å². The van der Waals surface area contributed by atoms with E-state index in [0.717, 1.165) is 52.2 Å². The summed E-state index contributed by atoms with van der Waals surface area (Å²) in [6.07, 6.45) is 5.63. The van der Waals surface area contributed by atoms with Crippen LogP contribution in [0.1, 0.15) is 55.3 Å². The van der Waals surface area contributed by atoms with Gasteiger partial charge in [-0.3, -0.25) is 0 Å². The van der Waals surface area contributed by atoms with Crippen molar-refractivity contribution in [2.45, 2.75) is 51.5 Å². The Labute approximate surface area is 212 Å². The molecule has 0 N–H and O–H groups in total. The topological polar surface area (TPSA) is 94.4 Å². The van der Waals surface area contributed by atoms with Gasteiger partial charge in [0.2, 0.25) is 5.88 Å². The second kappa shape index (κ2) is 8.93. The number of benzene rings is 1. The van der Waals surface area contributed by atoms with Crippen molar-refractivity contribution in [2.24, 2.45) is 0 Å². The fourth-order valence-electron chi connectivity index (χ4n) is 4.48. The highest BCUT2D eigenvalue weighted by molar-refractivity contribution is 9.10. The van der Waals surface area contributed by atoms with Gasteiger partial charge in [-0.2, -0.15) is 5.26 Å². The van der Waals surface area contributed by atoms with E-state index < -0.39 is 5.41 Å². The largest absolute Gasteiger partial charge is 0.479 e. The predicted molar refractivity (Wildman–Crippen MR) is 136 cm³/mol. The Morgan fingerprint density at radius 3 is 2.74 bits per heavy atom. The van der Waals surface area contributed by atoms with Crippen molar-refractivity contribution < 1.29 is 4.74 Å². The van der Waals surface area contributed by atoms with Crippen molar-refractivity contribution >= 4 is 15.9 Å². The zero-order valence-electron chi connectivity index (χ0n) is 20.2. The number of nitriles is 1. The van der Waals surface area contributed by atoms with Gasteiger partial charge in [0.25, 0.3) is 0 Å². The molecule has 35 heavy (non-hydrogen) atoms.